The smallest absolute Gasteiger partial charge is 0.315 e. The zero-order valence-corrected chi connectivity index (χ0v) is 10.6. The summed E-state index contributed by atoms with van der Waals surface area (Å²) in [5.41, 5.74) is 0.850. The van der Waals surface area contributed by atoms with Gasteiger partial charge in [0.25, 0.3) is 5.69 Å². The Morgan fingerprint density at radius 3 is 2.68 bits per heavy atom. The van der Waals surface area contributed by atoms with Crippen molar-refractivity contribution in [1.29, 1.82) is 0 Å². The molecule has 7 nitrogen and oxygen atoms in total. The van der Waals surface area contributed by atoms with Gasteiger partial charge < -0.3 is 10.1 Å². The molecule has 0 radical (unpaired) electrons. The van der Waals surface area contributed by atoms with Crippen LogP contribution in [0.25, 0.3) is 0 Å². The van der Waals surface area contributed by atoms with Crippen molar-refractivity contribution in [3.8, 4) is 0 Å². The second-order valence-electron chi connectivity index (χ2n) is 3.79. The number of hydrogen-bond donors (Lipinski definition) is 1. The third-order valence-electron chi connectivity index (χ3n) is 2.32. The van der Waals surface area contributed by atoms with Gasteiger partial charge >= 0.3 is 5.97 Å². The molecule has 0 aliphatic rings. The number of benzene rings is 1. The van der Waals surface area contributed by atoms with Gasteiger partial charge in [0.2, 0.25) is 5.91 Å². The molecule has 19 heavy (non-hydrogen) atoms. The molecule has 0 fully saturated rings. The Morgan fingerprint density at radius 1 is 1.42 bits per heavy atom. The molecule has 1 N–H and O–H groups in total. The van der Waals surface area contributed by atoms with Crippen LogP contribution in [0.1, 0.15) is 18.9 Å². The molecule has 7 heteroatoms. The minimum Gasteiger partial charge on any atom is -0.466 e. The van der Waals surface area contributed by atoms with E-state index in [4.69, 9.17) is 0 Å². The van der Waals surface area contributed by atoms with Crippen molar-refractivity contribution in [1.82, 2.24) is 0 Å². The predicted molar refractivity (Wildman–Crippen MR) is 67.7 cm³/mol. The number of nitro benzene ring substituents is 1. The number of nitrogens with zero attached hydrogens (tertiary/aromatic N) is 1. The summed E-state index contributed by atoms with van der Waals surface area (Å²) in [7, 11) is 0. The number of non-ortho nitro benzene ring substituents is 1. The molecule has 0 aliphatic heterocycles. The number of amides is 1. The molecular formula is C12H14N2O5. The zero-order chi connectivity index (χ0) is 14.4. The monoisotopic (exact) mass is 266 g/mol. The Morgan fingerprint density at radius 2 is 2.11 bits per heavy atom. The van der Waals surface area contributed by atoms with E-state index in [2.05, 4.69) is 10.1 Å². The summed E-state index contributed by atoms with van der Waals surface area (Å²) in [5, 5.41) is 13.1. The molecule has 0 heterocycles. The standard InChI is InChI=1S/C12H14N2O5/c1-3-19-12(16)7-11(15)13-10-6-9(14(17)18)5-4-8(10)2/h4-6H,3,7H2,1-2H3,(H,13,15). The lowest BCUT2D eigenvalue weighted by Gasteiger charge is -2.07. The van der Waals surface area contributed by atoms with Crippen LogP contribution in [0, 0.1) is 17.0 Å². The second-order valence-corrected chi connectivity index (χ2v) is 3.79. The van der Waals surface area contributed by atoms with Crippen LogP contribution < -0.4 is 5.32 Å². The van der Waals surface area contributed by atoms with E-state index < -0.39 is 23.2 Å². The lowest BCUT2D eigenvalue weighted by molar-refractivity contribution is -0.384. The van der Waals surface area contributed by atoms with Crippen LogP contribution in [0.15, 0.2) is 18.2 Å². The summed E-state index contributed by atoms with van der Waals surface area (Å²) in [4.78, 5) is 32.7. The van der Waals surface area contributed by atoms with Crippen LogP contribution in [0.2, 0.25) is 0 Å². The van der Waals surface area contributed by atoms with Gasteiger partial charge in [0, 0.05) is 12.1 Å². The maximum absolute atomic E-state index is 11.5. The summed E-state index contributed by atoms with van der Waals surface area (Å²) in [5.74, 6) is -1.20. The summed E-state index contributed by atoms with van der Waals surface area (Å²) in [6, 6.07) is 4.12. The summed E-state index contributed by atoms with van der Waals surface area (Å²) in [6.07, 6.45) is -0.421. The first-order chi connectivity index (χ1) is 8.93. The van der Waals surface area contributed by atoms with Gasteiger partial charge in [-0.25, -0.2) is 0 Å². The van der Waals surface area contributed by atoms with Crippen molar-refractivity contribution < 1.29 is 19.2 Å². The molecule has 102 valence electrons. The van der Waals surface area contributed by atoms with E-state index >= 15 is 0 Å². The number of rotatable bonds is 5. The molecule has 1 amide bonds. The maximum Gasteiger partial charge on any atom is 0.315 e. The highest BCUT2D eigenvalue weighted by molar-refractivity contribution is 6.02. The normalized spacial score (nSPS) is 9.79. The highest BCUT2D eigenvalue weighted by Crippen LogP contribution is 2.21. The first kappa shape index (κ1) is 14.6. The molecular weight excluding hydrogens is 252 g/mol. The molecule has 0 bridgehead atoms. The van der Waals surface area contributed by atoms with Gasteiger partial charge in [0.15, 0.2) is 0 Å². The molecule has 0 aliphatic carbocycles. The highest BCUT2D eigenvalue weighted by Gasteiger charge is 2.14. The van der Waals surface area contributed by atoms with Crippen LogP contribution in [0.3, 0.4) is 0 Å². The van der Waals surface area contributed by atoms with Gasteiger partial charge in [-0.2, -0.15) is 0 Å². The fourth-order valence-electron chi connectivity index (χ4n) is 1.40. The average Bonchev–Trinajstić information content (AvgIpc) is 2.31. The Bertz CT molecular complexity index is 513. The van der Waals surface area contributed by atoms with Crippen molar-refractivity contribution in [2.45, 2.75) is 20.3 Å². The molecule has 1 aromatic rings. The second kappa shape index (κ2) is 6.48. The van der Waals surface area contributed by atoms with E-state index in [1.807, 2.05) is 0 Å². The summed E-state index contributed by atoms with van der Waals surface area (Å²) < 4.78 is 4.63. The van der Waals surface area contributed by atoms with Crippen molar-refractivity contribution in [3.63, 3.8) is 0 Å². The van der Waals surface area contributed by atoms with E-state index in [1.165, 1.54) is 18.2 Å². The summed E-state index contributed by atoms with van der Waals surface area (Å²) >= 11 is 0. The molecule has 0 saturated heterocycles. The highest BCUT2D eigenvalue weighted by atomic mass is 16.6. The SMILES string of the molecule is CCOC(=O)CC(=O)Nc1cc([N+](=O)[O-])ccc1C. The van der Waals surface area contributed by atoms with Crippen molar-refractivity contribution in [2.24, 2.45) is 0 Å². The van der Waals surface area contributed by atoms with Crippen molar-refractivity contribution in [3.05, 3.63) is 33.9 Å². The molecule has 0 aromatic heterocycles. The first-order valence-electron chi connectivity index (χ1n) is 5.64. The lowest BCUT2D eigenvalue weighted by atomic mass is 10.2. The number of nitro groups is 1. The number of carbonyl (C=O) groups is 2. The molecule has 0 atom stereocenters. The fraction of sp³-hybridized carbons (Fsp3) is 0.333. The minimum absolute atomic E-state index is 0.128. The number of nitrogens with one attached hydrogen (secondary N) is 1. The Hall–Kier alpha value is -2.44. The molecule has 1 aromatic carbocycles. The summed E-state index contributed by atoms with van der Waals surface area (Å²) in [6.45, 7) is 3.53. The Balaban J connectivity index is 2.76. The van der Waals surface area contributed by atoms with E-state index in [-0.39, 0.29) is 12.3 Å². The third-order valence-corrected chi connectivity index (χ3v) is 2.32. The first-order valence-corrected chi connectivity index (χ1v) is 5.64. The van der Waals surface area contributed by atoms with E-state index in [9.17, 15) is 19.7 Å². The number of anilines is 1. The van der Waals surface area contributed by atoms with Crippen molar-refractivity contribution >= 4 is 23.3 Å². The number of carbonyl (C=O) groups excluding carboxylic acids is 2. The van der Waals surface area contributed by atoms with Gasteiger partial charge in [0.1, 0.15) is 6.42 Å². The number of aryl methyl sites for hydroxylation is 1. The van der Waals surface area contributed by atoms with Gasteiger partial charge in [-0.1, -0.05) is 6.07 Å². The van der Waals surface area contributed by atoms with E-state index in [0.29, 0.717) is 11.3 Å². The number of ether oxygens (including phenoxy) is 1. The van der Waals surface area contributed by atoms with Crippen LogP contribution in [-0.2, 0) is 14.3 Å². The molecule has 0 unspecified atom stereocenters. The van der Waals surface area contributed by atoms with Crippen LogP contribution >= 0.6 is 0 Å². The molecule has 0 saturated carbocycles. The maximum atomic E-state index is 11.5. The largest absolute Gasteiger partial charge is 0.466 e. The molecule has 0 spiro atoms. The average molecular weight is 266 g/mol. The predicted octanol–water partition coefficient (Wildman–Crippen LogP) is 1.79. The zero-order valence-electron chi connectivity index (χ0n) is 10.6. The van der Waals surface area contributed by atoms with Crippen LogP contribution in [-0.4, -0.2) is 23.4 Å². The fourth-order valence-corrected chi connectivity index (χ4v) is 1.40. The molecule has 1 rings (SSSR count). The van der Waals surface area contributed by atoms with E-state index in [1.54, 1.807) is 13.8 Å². The van der Waals surface area contributed by atoms with Gasteiger partial charge in [-0.05, 0) is 19.4 Å². The Kier molecular flexibility index (Phi) is 4.99. The quantitative estimate of drug-likeness (QED) is 0.379. The van der Waals surface area contributed by atoms with Gasteiger partial charge in [0.05, 0.1) is 17.2 Å². The topological polar surface area (TPSA) is 98.5 Å². The lowest BCUT2D eigenvalue weighted by Crippen LogP contribution is -2.18. The third kappa shape index (κ3) is 4.38. The van der Waals surface area contributed by atoms with E-state index in [0.717, 1.165) is 0 Å². The number of esters is 1. The van der Waals surface area contributed by atoms with Crippen molar-refractivity contribution in [2.75, 3.05) is 11.9 Å². The van der Waals surface area contributed by atoms with Crippen LogP contribution in [0.4, 0.5) is 11.4 Å². The Labute approximate surface area is 109 Å². The number of hydrogen-bond acceptors (Lipinski definition) is 5. The van der Waals surface area contributed by atoms with Gasteiger partial charge in [-0.15, -0.1) is 0 Å². The van der Waals surface area contributed by atoms with Gasteiger partial charge in [-0.3, -0.25) is 19.7 Å². The minimum atomic E-state index is -0.636. The van der Waals surface area contributed by atoms with Crippen LogP contribution in [0.5, 0.6) is 0 Å².